The summed E-state index contributed by atoms with van der Waals surface area (Å²) in [6, 6.07) is 22.4. The summed E-state index contributed by atoms with van der Waals surface area (Å²) in [5.74, 6) is 0.137. The summed E-state index contributed by atoms with van der Waals surface area (Å²) >= 11 is 0. The van der Waals surface area contributed by atoms with Crippen molar-refractivity contribution in [3.63, 3.8) is 0 Å². The summed E-state index contributed by atoms with van der Waals surface area (Å²) in [4.78, 5) is 9.78. The monoisotopic (exact) mass is 456 g/mol. The van der Waals surface area contributed by atoms with Crippen LogP contribution < -0.4 is 5.73 Å². The van der Waals surface area contributed by atoms with E-state index in [0.717, 1.165) is 11.1 Å². The second-order valence-corrected chi connectivity index (χ2v) is 10.2. The molecular formula is C26H24N4O2S. The summed E-state index contributed by atoms with van der Waals surface area (Å²) in [7, 11) is -3.96. The number of nitrogens with two attached hydrogens (primary N) is 1. The van der Waals surface area contributed by atoms with Crippen molar-refractivity contribution in [2.75, 3.05) is 5.73 Å². The van der Waals surface area contributed by atoms with Crippen molar-refractivity contribution in [1.29, 1.82) is 0 Å². The highest BCUT2D eigenvalue weighted by atomic mass is 32.2. The lowest BCUT2D eigenvalue weighted by Crippen LogP contribution is -2.13. The Labute approximate surface area is 192 Å². The molecule has 7 heteroatoms. The first-order valence-electron chi connectivity index (χ1n) is 10.7. The zero-order chi connectivity index (χ0) is 23.3. The Morgan fingerprint density at radius 2 is 1.52 bits per heavy atom. The lowest BCUT2D eigenvalue weighted by molar-refractivity contribution is 0.595. The summed E-state index contributed by atoms with van der Waals surface area (Å²) in [6.07, 6.45) is 0. The Hall–Kier alpha value is -3.71. The van der Waals surface area contributed by atoms with Crippen molar-refractivity contribution in [2.24, 2.45) is 0 Å². The molecule has 0 spiro atoms. The second kappa shape index (κ2) is 7.71. The van der Waals surface area contributed by atoms with Crippen LogP contribution in [0.25, 0.3) is 22.2 Å². The highest BCUT2D eigenvalue weighted by molar-refractivity contribution is 7.92. The molecule has 0 unspecified atom stereocenters. The van der Waals surface area contributed by atoms with E-state index in [1.54, 1.807) is 17.6 Å². The maximum atomic E-state index is 14.0. The van der Waals surface area contributed by atoms with E-state index in [0.29, 0.717) is 22.2 Å². The van der Waals surface area contributed by atoms with E-state index in [1.807, 2.05) is 80.6 Å². The molecule has 6 nitrogen and oxygen atoms in total. The van der Waals surface area contributed by atoms with Gasteiger partial charge >= 0.3 is 0 Å². The minimum atomic E-state index is -3.96. The van der Waals surface area contributed by atoms with E-state index in [4.69, 9.17) is 15.7 Å². The van der Waals surface area contributed by atoms with E-state index >= 15 is 0 Å². The molecule has 2 heterocycles. The average molecular weight is 457 g/mol. The van der Waals surface area contributed by atoms with Crippen LogP contribution in [0.2, 0.25) is 0 Å². The van der Waals surface area contributed by atoms with Gasteiger partial charge in [-0.05, 0) is 55.7 Å². The Bertz CT molecular complexity index is 1620. The minimum absolute atomic E-state index is 0.00670. The molecule has 0 radical (unpaired) electrons. The number of aromatic nitrogens is 3. The van der Waals surface area contributed by atoms with Gasteiger partial charge in [0, 0.05) is 0 Å². The average Bonchev–Trinajstić information content (AvgIpc) is 3.10. The standard InChI is InChI=1S/C26H24N4O2S/c1-16-13-14-17(2)22(15-16)33(31,32)24-23-26(29-21-12-8-7-11-20(21)28-23)30(25(24)27)18(3)19-9-5-4-6-10-19/h4-15,18H,27H2,1-3H3/t18-/m1/s1. The van der Waals surface area contributed by atoms with E-state index in [1.165, 1.54) is 0 Å². The number of nitrogen functional groups attached to an aromatic ring is 1. The van der Waals surface area contributed by atoms with E-state index in [9.17, 15) is 8.42 Å². The van der Waals surface area contributed by atoms with E-state index in [2.05, 4.69) is 0 Å². The first-order chi connectivity index (χ1) is 15.8. The number of anilines is 1. The van der Waals surface area contributed by atoms with Crippen LogP contribution in [0, 0.1) is 13.8 Å². The molecule has 0 aliphatic carbocycles. The van der Waals surface area contributed by atoms with Crippen molar-refractivity contribution >= 4 is 37.9 Å². The van der Waals surface area contributed by atoms with Gasteiger partial charge in [-0.3, -0.25) is 0 Å². The number of sulfone groups is 1. The number of fused-ring (bicyclic) bond motifs is 2. The molecule has 0 amide bonds. The molecule has 2 N–H and O–H groups in total. The fourth-order valence-electron chi connectivity index (χ4n) is 4.30. The first kappa shape index (κ1) is 21.2. The molecule has 0 fully saturated rings. The van der Waals surface area contributed by atoms with Crippen LogP contribution in [0.3, 0.4) is 0 Å². The van der Waals surface area contributed by atoms with E-state index < -0.39 is 9.84 Å². The van der Waals surface area contributed by atoms with Gasteiger partial charge in [0.15, 0.2) is 5.65 Å². The summed E-state index contributed by atoms with van der Waals surface area (Å²) in [5, 5.41) is 0. The molecule has 0 saturated carbocycles. The summed E-state index contributed by atoms with van der Waals surface area (Å²) in [6.45, 7) is 5.64. The van der Waals surface area contributed by atoms with E-state index in [-0.39, 0.29) is 27.2 Å². The minimum Gasteiger partial charge on any atom is -0.384 e. The van der Waals surface area contributed by atoms with Gasteiger partial charge in [0.2, 0.25) is 9.84 Å². The van der Waals surface area contributed by atoms with Crippen LogP contribution in [-0.2, 0) is 9.84 Å². The lowest BCUT2D eigenvalue weighted by Gasteiger charge is -2.17. The molecule has 3 aromatic carbocycles. The molecule has 0 saturated heterocycles. The predicted molar refractivity (Wildman–Crippen MR) is 131 cm³/mol. The Balaban J connectivity index is 1.89. The van der Waals surface area contributed by atoms with Crippen molar-refractivity contribution in [2.45, 2.75) is 36.6 Å². The number of aryl methyl sites for hydroxylation is 2. The zero-order valence-electron chi connectivity index (χ0n) is 18.6. The van der Waals surface area contributed by atoms with Crippen molar-refractivity contribution in [1.82, 2.24) is 14.5 Å². The molecule has 0 aliphatic rings. The summed E-state index contributed by atoms with van der Waals surface area (Å²) < 4.78 is 29.8. The van der Waals surface area contributed by atoms with Crippen LogP contribution in [0.5, 0.6) is 0 Å². The molecule has 0 bridgehead atoms. The quantitative estimate of drug-likeness (QED) is 0.400. The van der Waals surface area contributed by atoms with Gasteiger partial charge in [-0.25, -0.2) is 18.4 Å². The molecule has 33 heavy (non-hydrogen) atoms. The fraction of sp³-hybridized carbons (Fsp3) is 0.154. The lowest BCUT2D eigenvalue weighted by atomic mass is 10.1. The molecule has 5 aromatic rings. The zero-order valence-corrected chi connectivity index (χ0v) is 19.5. The number of nitrogens with zero attached hydrogens (tertiary/aromatic N) is 3. The van der Waals surface area contributed by atoms with Crippen molar-refractivity contribution in [3.05, 3.63) is 89.5 Å². The van der Waals surface area contributed by atoms with Gasteiger partial charge < -0.3 is 10.3 Å². The Morgan fingerprint density at radius 3 is 2.21 bits per heavy atom. The molecule has 2 aromatic heterocycles. The fourth-order valence-corrected chi connectivity index (χ4v) is 6.12. The van der Waals surface area contributed by atoms with Gasteiger partial charge in [0.25, 0.3) is 0 Å². The molecule has 0 aliphatic heterocycles. The van der Waals surface area contributed by atoms with Crippen LogP contribution in [0.1, 0.15) is 29.7 Å². The van der Waals surface area contributed by atoms with Crippen molar-refractivity contribution < 1.29 is 8.42 Å². The molecular weight excluding hydrogens is 432 g/mol. The Kier molecular flexibility index (Phi) is 4.94. The molecule has 166 valence electrons. The van der Waals surface area contributed by atoms with Crippen LogP contribution in [0.4, 0.5) is 5.82 Å². The number of hydrogen-bond acceptors (Lipinski definition) is 5. The van der Waals surface area contributed by atoms with Gasteiger partial charge in [-0.2, -0.15) is 0 Å². The highest BCUT2D eigenvalue weighted by Gasteiger charge is 2.32. The first-order valence-corrected chi connectivity index (χ1v) is 12.2. The normalized spacial score (nSPS) is 12.9. The number of para-hydroxylation sites is 2. The van der Waals surface area contributed by atoms with Crippen LogP contribution in [0.15, 0.2) is 82.6 Å². The van der Waals surface area contributed by atoms with Gasteiger partial charge in [-0.15, -0.1) is 0 Å². The number of hydrogen-bond donors (Lipinski definition) is 1. The third kappa shape index (κ3) is 3.36. The smallest absolute Gasteiger partial charge is 0.212 e. The van der Waals surface area contributed by atoms with Crippen LogP contribution >= 0.6 is 0 Å². The Morgan fingerprint density at radius 1 is 0.879 bits per heavy atom. The topological polar surface area (TPSA) is 90.9 Å². The molecule has 1 atom stereocenters. The van der Waals surface area contributed by atoms with Gasteiger partial charge in [0.05, 0.1) is 22.0 Å². The SMILES string of the molecule is Cc1ccc(C)c(S(=O)(=O)c2c(N)n([C@H](C)c3ccccc3)c3nc4ccccc4nc23)c1. The maximum absolute atomic E-state index is 14.0. The largest absolute Gasteiger partial charge is 0.384 e. The third-order valence-electron chi connectivity index (χ3n) is 6.06. The highest BCUT2D eigenvalue weighted by Crippen LogP contribution is 2.39. The van der Waals surface area contributed by atoms with Crippen molar-refractivity contribution in [3.8, 4) is 0 Å². The predicted octanol–water partition coefficient (Wildman–Crippen LogP) is 5.23. The number of rotatable bonds is 4. The summed E-state index contributed by atoms with van der Waals surface area (Å²) in [5.41, 5.74) is 11.2. The van der Waals surface area contributed by atoms with Crippen LogP contribution in [-0.4, -0.2) is 23.0 Å². The maximum Gasteiger partial charge on any atom is 0.212 e. The number of benzene rings is 3. The second-order valence-electron chi connectivity index (χ2n) is 8.33. The third-order valence-corrected chi connectivity index (χ3v) is 8.02. The van der Waals surface area contributed by atoms with Gasteiger partial charge in [0.1, 0.15) is 16.2 Å². The molecule has 5 rings (SSSR count). The van der Waals surface area contributed by atoms with Gasteiger partial charge in [-0.1, -0.05) is 54.6 Å².